The third-order valence-electron chi connectivity index (χ3n) is 7.85. The van der Waals surface area contributed by atoms with Gasteiger partial charge in [0.25, 0.3) is 0 Å². The molecule has 11 heteroatoms. The third kappa shape index (κ3) is 5.28. The smallest absolute Gasteiger partial charge is 0.381 e. The molecule has 3 aliphatic rings. The number of para-hydroxylation sites is 1. The molecule has 0 bridgehead atoms. The molecule has 2 aliphatic heterocycles. The molecule has 2 aromatic heterocycles. The molecule has 3 atom stereocenters. The van der Waals surface area contributed by atoms with E-state index in [1.54, 1.807) is 6.07 Å². The van der Waals surface area contributed by atoms with Crippen molar-refractivity contribution in [2.45, 2.75) is 60.9 Å². The Bertz CT molecular complexity index is 1310. The van der Waals surface area contributed by atoms with Gasteiger partial charge in [0.05, 0.1) is 23.5 Å². The fraction of sp³-hybridized carbons (Fsp3) is 0.519. The first-order valence-electron chi connectivity index (χ1n) is 13.1. The van der Waals surface area contributed by atoms with Crippen LogP contribution in [0.15, 0.2) is 36.7 Å². The Morgan fingerprint density at radius 1 is 1.18 bits per heavy atom. The maximum Gasteiger partial charge on any atom is 0.418 e. The zero-order valence-electron chi connectivity index (χ0n) is 20.8. The SMILES string of the molecule is O=C(Cc1nc2c(C(F)(F)F)cccc2[nH]1)NC1CN(C2CCOCC2)C[C@@H]1SC1CCc2cnccc21. The van der Waals surface area contributed by atoms with Gasteiger partial charge in [-0.05, 0) is 55.0 Å². The first-order chi connectivity index (χ1) is 18.3. The molecule has 4 heterocycles. The highest BCUT2D eigenvalue weighted by Crippen LogP contribution is 2.45. The molecular weight excluding hydrogens is 515 g/mol. The van der Waals surface area contributed by atoms with Gasteiger partial charge in [0.2, 0.25) is 5.91 Å². The second-order valence-electron chi connectivity index (χ2n) is 10.3. The van der Waals surface area contributed by atoms with Gasteiger partial charge in [-0.2, -0.15) is 13.2 Å². The minimum absolute atomic E-state index is 0.0589. The standard InChI is InChI=1S/C27H30F3N5O2S/c28-27(29,30)19-2-1-3-20-26(19)34-24(32-20)12-25(36)33-21-14-35(17-7-10-37-11-8-17)15-23(21)38-22-5-4-16-13-31-9-6-18(16)22/h1-3,6,9,13,17,21-23H,4-5,7-8,10-12,14-15H2,(H,32,34)(H,33,36)/t21?,22?,23-/m0/s1. The number of H-pyrrole nitrogens is 1. The van der Waals surface area contributed by atoms with Crippen LogP contribution in [0.1, 0.15) is 47.0 Å². The number of rotatable bonds is 6. The lowest BCUT2D eigenvalue weighted by atomic mass is 10.1. The quantitative estimate of drug-likeness (QED) is 0.481. The van der Waals surface area contributed by atoms with Crippen molar-refractivity contribution < 1.29 is 22.7 Å². The Kier molecular flexibility index (Phi) is 7.09. The molecule has 2 fully saturated rings. The van der Waals surface area contributed by atoms with E-state index in [1.807, 2.05) is 24.2 Å². The second-order valence-corrected chi connectivity index (χ2v) is 11.8. The van der Waals surface area contributed by atoms with Crippen LogP contribution in [0.4, 0.5) is 13.2 Å². The molecule has 2 N–H and O–H groups in total. The van der Waals surface area contributed by atoms with Gasteiger partial charge < -0.3 is 15.0 Å². The predicted octanol–water partition coefficient (Wildman–Crippen LogP) is 4.29. The van der Waals surface area contributed by atoms with E-state index >= 15 is 0 Å². The van der Waals surface area contributed by atoms with E-state index in [2.05, 4.69) is 31.2 Å². The molecule has 38 heavy (non-hydrogen) atoms. The molecule has 0 spiro atoms. The number of benzene rings is 1. The van der Waals surface area contributed by atoms with Gasteiger partial charge in [-0.25, -0.2) is 4.98 Å². The highest BCUT2D eigenvalue weighted by molar-refractivity contribution is 8.00. The van der Waals surface area contributed by atoms with Crippen LogP contribution >= 0.6 is 11.8 Å². The monoisotopic (exact) mass is 545 g/mol. The number of hydrogen-bond donors (Lipinski definition) is 2. The zero-order valence-corrected chi connectivity index (χ0v) is 21.7. The summed E-state index contributed by atoms with van der Waals surface area (Å²) in [6, 6.07) is 6.38. The van der Waals surface area contributed by atoms with Crippen LogP contribution in [0.2, 0.25) is 0 Å². The molecule has 3 aromatic rings. The molecule has 1 aliphatic carbocycles. The number of pyridine rings is 1. The number of aryl methyl sites for hydroxylation is 1. The average Bonchev–Trinajstić information content (AvgIpc) is 3.61. The Hall–Kier alpha value is -2.63. The highest BCUT2D eigenvalue weighted by Gasteiger charge is 2.40. The molecule has 0 saturated carbocycles. The molecular formula is C27H30F3N5O2S. The van der Waals surface area contributed by atoms with Gasteiger partial charge >= 0.3 is 6.18 Å². The van der Waals surface area contributed by atoms with Gasteiger partial charge in [0.15, 0.2) is 0 Å². The average molecular weight is 546 g/mol. The number of ether oxygens (including phenoxy) is 1. The van der Waals surface area contributed by atoms with Gasteiger partial charge in [-0.1, -0.05) is 6.07 Å². The number of aromatic nitrogens is 3. The summed E-state index contributed by atoms with van der Waals surface area (Å²) in [5, 5.41) is 3.78. The van der Waals surface area contributed by atoms with Crippen LogP contribution in [-0.2, 0) is 28.5 Å². The van der Waals surface area contributed by atoms with Crippen molar-refractivity contribution >= 4 is 28.7 Å². The van der Waals surface area contributed by atoms with E-state index in [9.17, 15) is 18.0 Å². The maximum absolute atomic E-state index is 13.4. The summed E-state index contributed by atoms with van der Waals surface area (Å²) in [7, 11) is 0. The summed E-state index contributed by atoms with van der Waals surface area (Å²) in [5.74, 6) is -0.00651. The number of imidazole rings is 1. The summed E-state index contributed by atoms with van der Waals surface area (Å²) in [6.45, 7) is 3.15. The third-order valence-corrected chi connectivity index (χ3v) is 9.49. The largest absolute Gasteiger partial charge is 0.418 e. The normalized spacial score (nSPS) is 24.7. The molecule has 6 rings (SSSR count). The lowest BCUT2D eigenvalue weighted by Crippen LogP contribution is -2.44. The van der Waals surface area contributed by atoms with Crippen LogP contribution < -0.4 is 5.32 Å². The molecule has 7 nitrogen and oxygen atoms in total. The lowest BCUT2D eigenvalue weighted by Gasteiger charge is -2.31. The highest BCUT2D eigenvalue weighted by atomic mass is 32.2. The van der Waals surface area contributed by atoms with Crippen molar-refractivity contribution in [3.05, 3.63) is 59.2 Å². The van der Waals surface area contributed by atoms with E-state index in [0.29, 0.717) is 11.3 Å². The first kappa shape index (κ1) is 25.6. The molecule has 0 radical (unpaired) electrons. The minimum atomic E-state index is -4.51. The summed E-state index contributed by atoms with van der Waals surface area (Å²) in [5.41, 5.74) is 1.95. The van der Waals surface area contributed by atoms with E-state index in [4.69, 9.17) is 4.74 Å². The Morgan fingerprint density at radius 2 is 2.03 bits per heavy atom. The van der Waals surface area contributed by atoms with Crippen LogP contribution in [0.3, 0.4) is 0 Å². The molecule has 2 saturated heterocycles. The van der Waals surface area contributed by atoms with Crippen LogP contribution in [0.25, 0.3) is 11.0 Å². The fourth-order valence-electron chi connectivity index (χ4n) is 5.99. The van der Waals surface area contributed by atoms with Gasteiger partial charge in [-0.3, -0.25) is 14.7 Å². The van der Waals surface area contributed by atoms with Crippen molar-refractivity contribution in [2.75, 3.05) is 26.3 Å². The number of carbonyl (C=O) groups is 1. The molecule has 202 valence electrons. The molecule has 1 aromatic carbocycles. The number of hydrogen-bond acceptors (Lipinski definition) is 6. The van der Waals surface area contributed by atoms with Gasteiger partial charge in [0, 0.05) is 55.2 Å². The number of nitrogens with one attached hydrogen (secondary N) is 2. The molecule has 2 unspecified atom stereocenters. The number of likely N-dealkylation sites (tertiary alicyclic amines) is 1. The number of amides is 1. The van der Waals surface area contributed by atoms with Crippen molar-refractivity contribution in [1.29, 1.82) is 0 Å². The summed E-state index contributed by atoms with van der Waals surface area (Å²) >= 11 is 1.93. The lowest BCUT2D eigenvalue weighted by molar-refractivity contribution is -0.136. The summed E-state index contributed by atoms with van der Waals surface area (Å²) in [4.78, 5) is 26.9. The number of halogens is 3. The number of nitrogens with zero attached hydrogens (tertiary/aromatic N) is 3. The van der Waals surface area contributed by atoms with Crippen LogP contribution in [-0.4, -0.2) is 69.4 Å². The van der Waals surface area contributed by atoms with E-state index in [1.165, 1.54) is 17.2 Å². The Labute approximate surface area is 222 Å². The zero-order chi connectivity index (χ0) is 26.3. The summed E-state index contributed by atoms with van der Waals surface area (Å²) < 4.78 is 45.8. The number of thioether (sulfide) groups is 1. The minimum Gasteiger partial charge on any atom is -0.381 e. The Balaban J connectivity index is 1.17. The van der Waals surface area contributed by atoms with Gasteiger partial charge in [-0.15, -0.1) is 11.8 Å². The maximum atomic E-state index is 13.4. The topological polar surface area (TPSA) is 83.1 Å². The summed E-state index contributed by atoms with van der Waals surface area (Å²) in [6.07, 6.45) is 3.22. The van der Waals surface area contributed by atoms with Crippen molar-refractivity contribution in [2.24, 2.45) is 0 Å². The van der Waals surface area contributed by atoms with E-state index in [0.717, 1.165) is 58.1 Å². The van der Waals surface area contributed by atoms with E-state index in [-0.39, 0.29) is 40.5 Å². The van der Waals surface area contributed by atoms with Crippen molar-refractivity contribution in [3.63, 3.8) is 0 Å². The number of fused-ring (bicyclic) bond motifs is 2. The second kappa shape index (κ2) is 10.5. The van der Waals surface area contributed by atoms with E-state index < -0.39 is 11.7 Å². The number of alkyl halides is 3. The van der Waals surface area contributed by atoms with Crippen molar-refractivity contribution in [3.8, 4) is 0 Å². The Morgan fingerprint density at radius 3 is 2.84 bits per heavy atom. The number of aromatic amines is 1. The van der Waals surface area contributed by atoms with Crippen LogP contribution in [0.5, 0.6) is 0 Å². The van der Waals surface area contributed by atoms with Gasteiger partial charge in [0.1, 0.15) is 11.3 Å². The molecule has 1 amide bonds. The number of carbonyl (C=O) groups excluding carboxylic acids is 1. The predicted molar refractivity (Wildman–Crippen MR) is 139 cm³/mol. The first-order valence-corrected chi connectivity index (χ1v) is 14.0. The van der Waals surface area contributed by atoms with Crippen molar-refractivity contribution in [1.82, 2.24) is 25.2 Å². The van der Waals surface area contributed by atoms with Crippen LogP contribution in [0, 0.1) is 0 Å². The fourth-order valence-corrected chi connectivity index (χ4v) is 7.66.